The molecule has 0 saturated heterocycles. The molecule has 1 fully saturated rings. The van der Waals surface area contributed by atoms with E-state index in [1.807, 2.05) is 4.90 Å². The Kier molecular flexibility index (Phi) is 7.07. The van der Waals surface area contributed by atoms with E-state index in [-0.39, 0.29) is 23.4 Å². The van der Waals surface area contributed by atoms with Crippen molar-refractivity contribution in [2.24, 2.45) is 0 Å². The second-order valence-electron chi connectivity index (χ2n) is 6.21. The maximum atomic E-state index is 12.3. The fraction of sp³-hybridized carbons (Fsp3) is 0.588. The third-order valence-corrected chi connectivity index (χ3v) is 6.11. The lowest BCUT2D eigenvalue weighted by Crippen LogP contribution is -2.43. The molecule has 1 aliphatic carbocycles. The van der Waals surface area contributed by atoms with Crippen LogP contribution in [0.5, 0.6) is 0 Å². The van der Waals surface area contributed by atoms with Crippen LogP contribution < -0.4 is 4.72 Å². The van der Waals surface area contributed by atoms with E-state index in [0.29, 0.717) is 11.6 Å². The van der Waals surface area contributed by atoms with Gasteiger partial charge in [0.2, 0.25) is 15.9 Å². The summed E-state index contributed by atoms with van der Waals surface area (Å²) < 4.78 is 27.1. The number of halogens is 1. The summed E-state index contributed by atoms with van der Waals surface area (Å²) in [4.78, 5) is 13.9. The van der Waals surface area contributed by atoms with Gasteiger partial charge in [-0.3, -0.25) is 4.79 Å². The Balaban J connectivity index is 1.95. The molecule has 0 aliphatic heterocycles. The van der Waals surface area contributed by atoms with Gasteiger partial charge in [0.05, 0.1) is 4.90 Å². The summed E-state index contributed by atoms with van der Waals surface area (Å²) in [6.45, 7) is 2.14. The number of rotatable bonds is 6. The number of nitrogens with zero attached hydrogens (tertiary/aromatic N) is 1. The van der Waals surface area contributed by atoms with Crippen molar-refractivity contribution in [2.75, 3.05) is 13.1 Å². The van der Waals surface area contributed by atoms with E-state index >= 15 is 0 Å². The summed E-state index contributed by atoms with van der Waals surface area (Å²) in [6, 6.07) is 6.37. The van der Waals surface area contributed by atoms with Crippen LogP contribution in [-0.4, -0.2) is 38.4 Å². The smallest absolute Gasteiger partial charge is 0.240 e. The van der Waals surface area contributed by atoms with E-state index in [4.69, 9.17) is 11.6 Å². The molecule has 0 unspecified atom stereocenters. The Morgan fingerprint density at radius 1 is 1.25 bits per heavy atom. The summed E-state index contributed by atoms with van der Waals surface area (Å²) in [6.07, 6.45) is 6.68. The van der Waals surface area contributed by atoms with Crippen LogP contribution in [0.1, 0.15) is 45.4 Å². The highest BCUT2D eigenvalue weighted by molar-refractivity contribution is 7.89. The largest absolute Gasteiger partial charge is 0.339 e. The van der Waals surface area contributed by atoms with Crippen LogP contribution in [0.25, 0.3) is 0 Å². The molecule has 24 heavy (non-hydrogen) atoms. The SMILES string of the molecule is CC(=O)N(CCNS(=O)(=O)c1cccc(Cl)c1)C1CCCCCC1. The van der Waals surface area contributed by atoms with Crippen molar-refractivity contribution < 1.29 is 13.2 Å². The molecule has 0 bridgehead atoms. The van der Waals surface area contributed by atoms with E-state index in [0.717, 1.165) is 25.7 Å². The molecular formula is C17H25ClN2O3S. The maximum Gasteiger partial charge on any atom is 0.240 e. The first-order chi connectivity index (χ1) is 11.4. The lowest BCUT2D eigenvalue weighted by Gasteiger charge is -2.30. The van der Waals surface area contributed by atoms with Gasteiger partial charge in [0.25, 0.3) is 0 Å². The number of hydrogen-bond acceptors (Lipinski definition) is 3. The summed E-state index contributed by atoms with van der Waals surface area (Å²) in [5.74, 6) is 0.00357. The van der Waals surface area contributed by atoms with E-state index in [1.165, 1.54) is 25.0 Å². The molecule has 1 aromatic rings. The molecule has 134 valence electrons. The van der Waals surface area contributed by atoms with Crippen LogP contribution in [0.4, 0.5) is 0 Å². The van der Waals surface area contributed by atoms with Gasteiger partial charge in [-0.25, -0.2) is 13.1 Å². The second kappa shape index (κ2) is 8.83. The van der Waals surface area contributed by atoms with Gasteiger partial charge in [-0.1, -0.05) is 43.4 Å². The van der Waals surface area contributed by atoms with E-state index in [9.17, 15) is 13.2 Å². The first-order valence-electron chi connectivity index (χ1n) is 8.42. The van der Waals surface area contributed by atoms with Crippen molar-refractivity contribution in [3.8, 4) is 0 Å². The molecule has 2 rings (SSSR count). The molecule has 7 heteroatoms. The van der Waals surface area contributed by atoms with E-state index in [1.54, 1.807) is 19.1 Å². The molecule has 5 nitrogen and oxygen atoms in total. The van der Waals surface area contributed by atoms with Crippen molar-refractivity contribution in [1.29, 1.82) is 0 Å². The Bertz CT molecular complexity index is 656. The van der Waals surface area contributed by atoms with Crippen molar-refractivity contribution in [1.82, 2.24) is 9.62 Å². The third kappa shape index (κ3) is 5.46. The summed E-state index contributed by atoms with van der Waals surface area (Å²) in [5, 5.41) is 0.377. The van der Waals surface area contributed by atoms with Crippen LogP contribution in [0, 0.1) is 0 Å². The topological polar surface area (TPSA) is 66.5 Å². The molecule has 1 saturated carbocycles. The number of hydrogen-bond donors (Lipinski definition) is 1. The fourth-order valence-electron chi connectivity index (χ4n) is 3.18. The second-order valence-corrected chi connectivity index (χ2v) is 8.42. The number of nitrogens with one attached hydrogen (secondary N) is 1. The van der Waals surface area contributed by atoms with E-state index in [2.05, 4.69) is 4.72 Å². The molecular weight excluding hydrogens is 348 g/mol. The Hall–Kier alpha value is -1.11. The number of carbonyl (C=O) groups excluding carboxylic acids is 1. The Labute approximate surface area is 149 Å². The number of benzene rings is 1. The number of sulfonamides is 1. The minimum Gasteiger partial charge on any atom is -0.339 e. The predicted molar refractivity (Wildman–Crippen MR) is 95.5 cm³/mol. The lowest BCUT2D eigenvalue weighted by molar-refractivity contribution is -0.131. The maximum absolute atomic E-state index is 12.3. The molecule has 1 aliphatic rings. The highest BCUT2D eigenvalue weighted by Crippen LogP contribution is 2.22. The monoisotopic (exact) mass is 372 g/mol. The van der Waals surface area contributed by atoms with Gasteiger partial charge < -0.3 is 4.90 Å². The minimum atomic E-state index is -3.61. The molecule has 1 aromatic carbocycles. The van der Waals surface area contributed by atoms with Crippen LogP contribution >= 0.6 is 11.6 Å². The number of amides is 1. The van der Waals surface area contributed by atoms with Crippen molar-refractivity contribution in [2.45, 2.75) is 56.4 Å². The zero-order valence-corrected chi connectivity index (χ0v) is 15.6. The van der Waals surface area contributed by atoms with Crippen LogP contribution in [-0.2, 0) is 14.8 Å². The number of carbonyl (C=O) groups is 1. The average Bonchev–Trinajstić information content (AvgIpc) is 2.80. The molecule has 0 aromatic heterocycles. The van der Waals surface area contributed by atoms with Crippen LogP contribution in [0.2, 0.25) is 5.02 Å². The lowest BCUT2D eigenvalue weighted by atomic mass is 10.1. The zero-order valence-electron chi connectivity index (χ0n) is 14.0. The zero-order chi connectivity index (χ0) is 17.6. The van der Waals surface area contributed by atoms with Crippen LogP contribution in [0.3, 0.4) is 0 Å². The Morgan fingerprint density at radius 3 is 2.50 bits per heavy atom. The van der Waals surface area contributed by atoms with Gasteiger partial charge in [0, 0.05) is 31.1 Å². The molecule has 0 spiro atoms. The predicted octanol–water partition coefficient (Wildman–Crippen LogP) is 3.19. The first kappa shape index (κ1) is 19.2. The fourth-order valence-corrected chi connectivity index (χ4v) is 4.51. The van der Waals surface area contributed by atoms with Gasteiger partial charge >= 0.3 is 0 Å². The summed E-state index contributed by atoms with van der Waals surface area (Å²) in [7, 11) is -3.61. The van der Waals surface area contributed by atoms with Gasteiger partial charge in [-0.05, 0) is 31.0 Å². The minimum absolute atomic E-state index is 0.00357. The molecule has 0 radical (unpaired) electrons. The van der Waals surface area contributed by atoms with Gasteiger partial charge in [-0.2, -0.15) is 0 Å². The highest BCUT2D eigenvalue weighted by Gasteiger charge is 2.23. The Morgan fingerprint density at radius 2 is 1.92 bits per heavy atom. The third-order valence-electron chi connectivity index (χ3n) is 4.42. The molecule has 0 atom stereocenters. The van der Waals surface area contributed by atoms with Crippen molar-refractivity contribution in [3.63, 3.8) is 0 Å². The molecule has 1 N–H and O–H groups in total. The normalized spacial score (nSPS) is 16.6. The first-order valence-corrected chi connectivity index (χ1v) is 10.3. The average molecular weight is 373 g/mol. The highest BCUT2D eigenvalue weighted by atomic mass is 35.5. The summed E-state index contributed by atoms with van der Waals surface area (Å²) in [5.41, 5.74) is 0. The van der Waals surface area contributed by atoms with Crippen LogP contribution in [0.15, 0.2) is 29.2 Å². The van der Waals surface area contributed by atoms with Gasteiger partial charge in [-0.15, -0.1) is 0 Å². The quantitative estimate of drug-likeness (QED) is 0.780. The van der Waals surface area contributed by atoms with E-state index < -0.39 is 10.0 Å². The molecule has 1 amide bonds. The van der Waals surface area contributed by atoms with Crippen molar-refractivity contribution >= 4 is 27.5 Å². The summed E-state index contributed by atoms with van der Waals surface area (Å²) >= 11 is 5.85. The standard InChI is InChI=1S/C17H25ClN2O3S/c1-14(21)20(16-8-4-2-3-5-9-16)12-11-19-24(22,23)17-10-6-7-15(18)13-17/h6-7,10,13,16,19H,2-5,8-9,11-12H2,1H3. The van der Waals surface area contributed by atoms with Crippen molar-refractivity contribution in [3.05, 3.63) is 29.3 Å². The molecule has 0 heterocycles. The van der Waals surface area contributed by atoms with Gasteiger partial charge in [0.1, 0.15) is 0 Å². The van der Waals surface area contributed by atoms with Gasteiger partial charge in [0.15, 0.2) is 0 Å².